The second kappa shape index (κ2) is 6.45. The maximum atomic E-state index is 12.4. The van der Waals surface area contributed by atoms with Crippen LogP contribution in [0.4, 0.5) is 13.2 Å². The van der Waals surface area contributed by atoms with E-state index in [0.717, 1.165) is 6.42 Å². The lowest BCUT2D eigenvalue weighted by molar-refractivity contribution is -0.155. The SMILES string of the molecule is CCC(NC)C(C)N(CC(F)(F)F)C(C)C. The average Bonchev–Trinajstić information content (AvgIpc) is 2.14. The Bertz CT molecular complexity index is 188. The van der Waals surface area contributed by atoms with Gasteiger partial charge in [-0.15, -0.1) is 0 Å². The molecule has 0 radical (unpaired) electrons. The summed E-state index contributed by atoms with van der Waals surface area (Å²) in [6.07, 6.45) is -3.32. The summed E-state index contributed by atoms with van der Waals surface area (Å²) < 4.78 is 37.3. The molecule has 2 unspecified atom stereocenters. The molecule has 0 heterocycles. The van der Waals surface area contributed by atoms with Crippen LogP contribution in [-0.2, 0) is 0 Å². The van der Waals surface area contributed by atoms with E-state index in [-0.39, 0.29) is 18.1 Å². The van der Waals surface area contributed by atoms with Gasteiger partial charge in [-0.3, -0.25) is 4.90 Å². The molecule has 0 rings (SSSR count). The Labute approximate surface area is 96.2 Å². The van der Waals surface area contributed by atoms with E-state index in [1.165, 1.54) is 4.90 Å². The second-order valence-corrected chi connectivity index (χ2v) is 4.43. The molecule has 0 saturated carbocycles. The lowest BCUT2D eigenvalue weighted by Gasteiger charge is -2.37. The minimum Gasteiger partial charge on any atom is -0.315 e. The zero-order valence-corrected chi connectivity index (χ0v) is 10.7. The standard InChI is InChI=1S/C11H23F3N2/c1-6-10(15-5)9(4)16(8(2)3)7-11(12,13)14/h8-10,15H,6-7H2,1-5H3. The Morgan fingerprint density at radius 3 is 1.94 bits per heavy atom. The van der Waals surface area contributed by atoms with Crippen LogP contribution in [0.3, 0.4) is 0 Å². The molecule has 0 fully saturated rings. The van der Waals surface area contributed by atoms with Crippen LogP contribution in [0.5, 0.6) is 0 Å². The third-order valence-corrected chi connectivity index (χ3v) is 2.94. The van der Waals surface area contributed by atoms with Crippen molar-refractivity contribution in [3.05, 3.63) is 0 Å². The Morgan fingerprint density at radius 1 is 1.19 bits per heavy atom. The van der Waals surface area contributed by atoms with E-state index in [2.05, 4.69) is 5.32 Å². The number of nitrogens with zero attached hydrogens (tertiary/aromatic N) is 1. The maximum Gasteiger partial charge on any atom is 0.401 e. The van der Waals surface area contributed by atoms with E-state index in [0.29, 0.717) is 0 Å². The third kappa shape index (κ3) is 5.16. The minimum atomic E-state index is -4.13. The third-order valence-electron chi connectivity index (χ3n) is 2.94. The highest BCUT2D eigenvalue weighted by Crippen LogP contribution is 2.21. The van der Waals surface area contributed by atoms with Gasteiger partial charge in [0.25, 0.3) is 0 Å². The van der Waals surface area contributed by atoms with Gasteiger partial charge in [0.15, 0.2) is 0 Å². The van der Waals surface area contributed by atoms with Gasteiger partial charge in [-0.25, -0.2) is 0 Å². The molecule has 0 aliphatic rings. The molecular weight excluding hydrogens is 217 g/mol. The number of hydrogen-bond acceptors (Lipinski definition) is 2. The Morgan fingerprint density at radius 2 is 1.69 bits per heavy atom. The molecule has 1 N–H and O–H groups in total. The van der Waals surface area contributed by atoms with E-state index < -0.39 is 12.7 Å². The van der Waals surface area contributed by atoms with Crippen LogP contribution in [0, 0.1) is 0 Å². The smallest absolute Gasteiger partial charge is 0.315 e. The fourth-order valence-corrected chi connectivity index (χ4v) is 2.02. The minimum absolute atomic E-state index is 0.0877. The molecule has 2 nitrogen and oxygen atoms in total. The Hall–Kier alpha value is -0.290. The molecule has 0 aliphatic carbocycles. The van der Waals surface area contributed by atoms with Gasteiger partial charge in [0, 0.05) is 18.1 Å². The largest absolute Gasteiger partial charge is 0.401 e. The van der Waals surface area contributed by atoms with Crippen LogP contribution in [0.15, 0.2) is 0 Å². The normalized spacial score (nSPS) is 16.9. The Kier molecular flexibility index (Phi) is 6.33. The van der Waals surface area contributed by atoms with Crippen molar-refractivity contribution < 1.29 is 13.2 Å². The second-order valence-electron chi connectivity index (χ2n) is 4.43. The van der Waals surface area contributed by atoms with Crippen molar-refractivity contribution in [1.29, 1.82) is 0 Å². The first-order valence-corrected chi connectivity index (χ1v) is 5.72. The number of rotatable bonds is 6. The van der Waals surface area contributed by atoms with Crippen LogP contribution in [0.2, 0.25) is 0 Å². The van der Waals surface area contributed by atoms with Crippen molar-refractivity contribution >= 4 is 0 Å². The lowest BCUT2D eigenvalue weighted by Crippen LogP contribution is -2.52. The van der Waals surface area contributed by atoms with E-state index in [1.54, 1.807) is 20.9 Å². The fraction of sp³-hybridized carbons (Fsp3) is 1.00. The van der Waals surface area contributed by atoms with Gasteiger partial charge < -0.3 is 5.32 Å². The summed E-state index contributed by atoms with van der Waals surface area (Å²) in [5.41, 5.74) is 0. The van der Waals surface area contributed by atoms with Crippen molar-refractivity contribution in [2.45, 2.75) is 58.4 Å². The van der Waals surface area contributed by atoms with Gasteiger partial charge in [0.05, 0.1) is 6.54 Å². The number of nitrogens with one attached hydrogen (secondary N) is 1. The molecule has 0 amide bonds. The predicted molar refractivity (Wildman–Crippen MR) is 60.5 cm³/mol. The number of alkyl halides is 3. The molecule has 0 aromatic carbocycles. The van der Waals surface area contributed by atoms with Crippen molar-refractivity contribution in [2.24, 2.45) is 0 Å². The van der Waals surface area contributed by atoms with Gasteiger partial charge in [-0.05, 0) is 34.2 Å². The summed E-state index contributed by atoms with van der Waals surface area (Å²) in [4.78, 5) is 1.49. The Balaban J connectivity index is 4.64. The molecular formula is C11H23F3N2. The van der Waals surface area contributed by atoms with Crippen molar-refractivity contribution in [3.63, 3.8) is 0 Å². The zero-order valence-electron chi connectivity index (χ0n) is 10.7. The van der Waals surface area contributed by atoms with Gasteiger partial charge in [0.2, 0.25) is 0 Å². The lowest BCUT2D eigenvalue weighted by atomic mass is 10.0. The topological polar surface area (TPSA) is 15.3 Å². The number of halogens is 3. The van der Waals surface area contributed by atoms with E-state index in [1.807, 2.05) is 13.8 Å². The van der Waals surface area contributed by atoms with E-state index in [4.69, 9.17) is 0 Å². The first-order chi connectivity index (χ1) is 7.22. The summed E-state index contributed by atoms with van der Waals surface area (Å²) in [5.74, 6) is 0. The fourth-order valence-electron chi connectivity index (χ4n) is 2.02. The first kappa shape index (κ1) is 15.7. The van der Waals surface area contributed by atoms with Crippen LogP contribution < -0.4 is 5.32 Å². The first-order valence-electron chi connectivity index (χ1n) is 5.72. The summed E-state index contributed by atoms with van der Waals surface area (Å²) in [6.45, 7) is 6.57. The highest BCUT2D eigenvalue weighted by Gasteiger charge is 2.35. The molecule has 0 aromatic heterocycles. The van der Waals surface area contributed by atoms with Crippen LogP contribution >= 0.6 is 0 Å². The quantitative estimate of drug-likeness (QED) is 0.768. The van der Waals surface area contributed by atoms with Gasteiger partial charge in [-0.1, -0.05) is 6.92 Å². The van der Waals surface area contributed by atoms with E-state index >= 15 is 0 Å². The summed E-state index contributed by atoms with van der Waals surface area (Å²) in [6, 6.07) is -0.152. The van der Waals surface area contributed by atoms with Crippen LogP contribution in [-0.4, -0.2) is 42.8 Å². The zero-order chi connectivity index (χ0) is 12.9. The maximum absolute atomic E-state index is 12.4. The molecule has 0 saturated heterocycles. The van der Waals surface area contributed by atoms with Gasteiger partial charge in [0.1, 0.15) is 0 Å². The summed E-state index contributed by atoms with van der Waals surface area (Å²) in [5, 5.41) is 3.06. The predicted octanol–water partition coefficient (Wildman–Crippen LogP) is 2.65. The highest BCUT2D eigenvalue weighted by atomic mass is 19.4. The molecule has 2 atom stereocenters. The number of hydrogen-bond donors (Lipinski definition) is 1. The molecule has 0 aliphatic heterocycles. The van der Waals surface area contributed by atoms with Gasteiger partial charge in [-0.2, -0.15) is 13.2 Å². The molecule has 0 spiro atoms. The van der Waals surface area contributed by atoms with Crippen LogP contribution in [0.1, 0.15) is 34.1 Å². The van der Waals surface area contributed by atoms with E-state index in [9.17, 15) is 13.2 Å². The van der Waals surface area contributed by atoms with Gasteiger partial charge >= 0.3 is 6.18 Å². The van der Waals surface area contributed by atoms with Crippen molar-refractivity contribution in [2.75, 3.05) is 13.6 Å². The van der Waals surface area contributed by atoms with Crippen LogP contribution in [0.25, 0.3) is 0 Å². The number of likely N-dealkylation sites (N-methyl/N-ethyl adjacent to an activating group) is 1. The molecule has 0 bridgehead atoms. The van der Waals surface area contributed by atoms with Crippen molar-refractivity contribution in [1.82, 2.24) is 10.2 Å². The van der Waals surface area contributed by atoms with Crippen molar-refractivity contribution in [3.8, 4) is 0 Å². The summed E-state index contributed by atoms with van der Waals surface area (Å²) in [7, 11) is 1.79. The average molecular weight is 240 g/mol. The highest BCUT2D eigenvalue weighted by molar-refractivity contribution is 4.82. The molecule has 0 aromatic rings. The molecule has 98 valence electrons. The summed E-state index contributed by atoms with van der Waals surface area (Å²) >= 11 is 0. The molecule has 16 heavy (non-hydrogen) atoms. The molecule has 5 heteroatoms. The monoisotopic (exact) mass is 240 g/mol.